The quantitative estimate of drug-likeness (QED) is 0.900. The molecule has 0 radical (unpaired) electrons. The second kappa shape index (κ2) is 6.22. The Morgan fingerprint density at radius 1 is 1.67 bits per heavy atom. The lowest BCUT2D eigenvalue weighted by molar-refractivity contribution is -0.0246. The van der Waals surface area contributed by atoms with Gasteiger partial charge in [-0.25, -0.2) is 0 Å². The number of carbonyl (C=O) groups is 1. The highest BCUT2D eigenvalue weighted by molar-refractivity contribution is 6.32. The smallest absolute Gasteiger partial charge is 0.256 e. The molecule has 1 atom stereocenters. The van der Waals surface area contributed by atoms with Crippen LogP contribution in [0.5, 0.6) is 0 Å². The lowest BCUT2D eigenvalue weighted by atomic mass is 10.2. The molecule has 2 rings (SSSR count). The van der Waals surface area contributed by atoms with Gasteiger partial charge in [-0.1, -0.05) is 6.92 Å². The van der Waals surface area contributed by atoms with Crippen LogP contribution in [-0.4, -0.2) is 49.7 Å². The topological polar surface area (TPSA) is 54.7 Å². The first-order valence-electron chi connectivity index (χ1n) is 6.06. The molecule has 0 aromatic carbocycles. The largest absolute Gasteiger partial charge is 0.452 e. The normalized spacial score (nSPS) is 20.9. The number of likely N-dealkylation sites (N-methyl/N-ethyl adjacent to an activating group) is 1. The Bertz CT molecular complexity index is 408. The van der Waals surface area contributed by atoms with Crippen molar-refractivity contribution in [3.05, 3.63) is 23.1 Å². The van der Waals surface area contributed by atoms with Crippen LogP contribution in [0, 0.1) is 0 Å². The molecule has 1 aliphatic rings. The van der Waals surface area contributed by atoms with E-state index in [0.717, 1.165) is 19.6 Å². The highest BCUT2D eigenvalue weighted by atomic mass is 35.5. The molecule has 1 amide bonds. The molecule has 18 heavy (non-hydrogen) atoms. The van der Waals surface area contributed by atoms with E-state index in [0.29, 0.717) is 18.7 Å². The van der Waals surface area contributed by atoms with E-state index in [2.05, 4.69) is 17.1 Å². The van der Waals surface area contributed by atoms with Gasteiger partial charge < -0.3 is 14.5 Å². The molecule has 1 unspecified atom stereocenters. The average Bonchev–Trinajstić information content (AvgIpc) is 2.82. The predicted molar refractivity (Wildman–Crippen MR) is 67.9 cm³/mol. The highest BCUT2D eigenvalue weighted by Gasteiger charge is 2.20. The second-order valence-electron chi connectivity index (χ2n) is 4.20. The molecule has 1 fully saturated rings. The van der Waals surface area contributed by atoms with Gasteiger partial charge in [0, 0.05) is 19.6 Å². The summed E-state index contributed by atoms with van der Waals surface area (Å²) in [6.07, 6.45) is 1.43. The van der Waals surface area contributed by atoms with Crippen LogP contribution in [0.1, 0.15) is 17.3 Å². The molecule has 0 spiro atoms. The number of halogens is 1. The van der Waals surface area contributed by atoms with Crippen LogP contribution >= 0.6 is 11.6 Å². The molecule has 1 aromatic heterocycles. The first-order chi connectivity index (χ1) is 8.70. The molecular weight excluding hydrogens is 256 g/mol. The van der Waals surface area contributed by atoms with E-state index < -0.39 is 0 Å². The van der Waals surface area contributed by atoms with Crippen molar-refractivity contribution in [3.8, 4) is 0 Å². The Hall–Kier alpha value is -1.04. The van der Waals surface area contributed by atoms with E-state index in [1.54, 1.807) is 6.07 Å². The number of hydrogen-bond acceptors (Lipinski definition) is 4. The van der Waals surface area contributed by atoms with Crippen LogP contribution in [0.3, 0.4) is 0 Å². The molecule has 0 bridgehead atoms. The van der Waals surface area contributed by atoms with E-state index >= 15 is 0 Å². The lowest BCUT2D eigenvalue weighted by Crippen LogP contribution is -2.47. The van der Waals surface area contributed by atoms with Crippen LogP contribution in [0.25, 0.3) is 0 Å². The van der Waals surface area contributed by atoms with Gasteiger partial charge in [-0.15, -0.1) is 0 Å². The minimum absolute atomic E-state index is 0.0355. The number of amides is 1. The van der Waals surface area contributed by atoms with Crippen molar-refractivity contribution >= 4 is 17.5 Å². The maximum absolute atomic E-state index is 11.8. The Morgan fingerprint density at radius 3 is 3.17 bits per heavy atom. The van der Waals surface area contributed by atoms with Gasteiger partial charge in [-0.05, 0) is 24.2 Å². The van der Waals surface area contributed by atoms with Crippen molar-refractivity contribution in [2.24, 2.45) is 0 Å². The zero-order valence-electron chi connectivity index (χ0n) is 10.3. The van der Waals surface area contributed by atoms with E-state index in [1.807, 2.05) is 0 Å². The van der Waals surface area contributed by atoms with Crippen molar-refractivity contribution in [2.75, 3.05) is 32.8 Å². The van der Waals surface area contributed by atoms with E-state index in [4.69, 9.17) is 20.8 Å². The van der Waals surface area contributed by atoms with Gasteiger partial charge in [0.1, 0.15) is 0 Å². The minimum atomic E-state index is -0.231. The summed E-state index contributed by atoms with van der Waals surface area (Å²) < 4.78 is 10.5. The Balaban J connectivity index is 1.81. The summed E-state index contributed by atoms with van der Waals surface area (Å²) >= 11 is 5.73. The monoisotopic (exact) mass is 272 g/mol. The van der Waals surface area contributed by atoms with Crippen molar-refractivity contribution in [1.29, 1.82) is 0 Å². The summed E-state index contributed by atoms with van der Waals surface area (Å²) in [6.45, 7) is 6.11. The molecule has 1 aliphatic heterocycles. The molecule has 1 N–H and O–H groups in total. The molecule has 0 saturated carbocycles. The summed E-state index contributed by atoms with van der Waals surface area (Å²) in [5, 5.41) is 2.92. The third kappa shape index (κ3) is 3.25. The number of furan rings is 1. The third-order valence-corrected chi connectivity index (χ3v) is 3.32. The standard InChI is InChI=1S/C12H17ClN2O3/c1-2-15-4-6-17-9(8-15)7-14-12(16)10-3-5-18-11(10)13/h3,5,9H,2,4,6-8H2,1H3,(H,14,16). The molecule has 1 saturated heterocycles. The molecule has 2 heterocycles. The second-order valence-corrected chi connectivity index (χ2v) is 4.55. The third-order valence-electron chi connectivity index (χ3n) is 3.02. The fraction of sp³-hybridized carbons (Fsp3) is 0.583. The van der Waals surface area contributed by atoms with Crippen molar-refractivity contribution in [1.82, 2.24) is 10.2 Å². The van der Waals surface area contributed by atoms with Gasteiger partial charge in [-0.3, -0.25) is 9.69 Å². The summed E-state index contributed by atoms with van der Waals surface area (Å²) in [6, 6.07) is 1.55. The Kier molecular flexibility index (Phi) is 4.63. The SMILES string of the molecule is CCN1CCOC(CNC(=O)c2ccoc2Cl)C1. The molecule has 5 nitrogen and oxygen atoms in total. The van der Waals surface area contributed by atoms with Crippen molar-refractivity contribution in [3.63, 3.8) is 0 Å². The van der Waals surface area contributed by atoms with E-state index in [9.17, 15) is 4.79 Å². The number of hydrogen-bond donors (Lipinski definition) is 1. The molecule has 1 aromatic rings. The minimum Gasteiger partial charge on any atom is -0.452 e. The fourth-order valence-corrected chi connectivity index (χ4v) is 2.15. The molecule has 0 aliphatic carbocycles. The number of nitrogens with zero attached hydrogens (tertiary/aromatic N) is 1. The van der Waals surface area contributed by atoms with Gasteiger partial charge in [0.05, 0.1) is 24.5 Å². The van der Waals surface area contributed by atoms with Gasteiger partial charge in [0.15, 0.2) is 0 Å². The van der Waals surface area contributed by atoms with Gasteiger partial charge in [0.2, 0.25) is 5.22 Å². The molecule has 100 valence electrons. The highest BCUT2D eigenvalue weighted by Crippen LogP contribution is 2.16. The van der Waals surface area contributed by atoms with Crippen molar-refractivity contribution in [2.45, 2.75) is 13.0 Å². The van der Waals surface area contributed by atoms with Crippen LogP contribution in [0.2, 0.25) is 5.22 Å². The summed E-state index contributed by atoms with van der Waals surface area (Å²) in [4.78, 5) is 14.1. The van der Waals surface area contributed by atoms with Crippen LogP contribution < -0.4 is 5.32 Å². The van der Waals surface area contributed by atoms with Crippen LogP contribution in [0.4, 0.5) is 0 Å². The first-order valence-corrected chi connectivity index (χ1v) is 6.43. The summed E-state index contributed by atoms with van der Waals surface area (Å²) in [5.41, 5.74) is 0.361. The predicted octanol–water partition coefficient (Wildman–Crippen LogP) is 1.38. The van der Waals surface area contributed by atoms with Gasteiger partial charge in [0.25, 0.3) is 5.91 Å². The number of nitrogens with one attached hydrogen (secondary N) is 1. The van der Waals surface area contributed by atoms with Gasteiger partial charge >= 0.3 is 0 Å². The first kappa shape index (κ1) is 13.4. The number of carbonyl (C=O) groups excluding carboxylic acids is 1. The summed E-state index contributed by atoms with van der Waals surface area (Å²) in [5.74, 6) is -0.231. The van der Waals surface area contributed by atoms with Crippen LogP contribution in [-0.2, 0) is 4.74 Å². The number of ether oxygens (including phenoxy) is 1. The zero-order chi connectivity index (χ0) is 13.0. The number of rotatable bonds is 4. The van der Waals surface area contributed by atoms with E-state index in [1.165, 1.54) is 6.26 Å². The lowest BCUT2D eigenvalue weighted by Gasteiger charge is -2.32. The Morgan fingerprint density at radius 2 is 2.50 bits per heavy atom. The van der Waals surface area contributed by atoms with Crippen LogP contribution in [0.15, 0.2) is 16.7 Å². The zero-order valence-corrected chi connectivity index (χ0v) is 11.1. The maximum atomic E-state index is 11.8. The summed E-state index contributed by atoms with van der Waals surface area (Å²) in [7, 11) is 0. The van der Waals surface area contributed by atoms with E-state index in [-0.39, 0.29) is 17.2 Å². The maximum Gasteiger partial charge on any atom is 0.256 e. The fourth-order valence-electron chi connectivity index (χ4n) is 1.95. The Labute approximate surface area is 111 Å². The van der Waals surface area contributed by atoms with Crippen molar-refractivity contribution < 1.29 is 13.9 Å². The molecule has 6 heteroatoms. The molecular formula is C12H17ClN2O3. The van der Waals surface area contributed by atoms with Gasteiger partial charge in [-0.2, -0.15) is 0 Å². The average molecular weight is 273 g/mol. The number of morpholine rings is 1.